The summed E-state index contributed by atoms with van der Waals surface area (Å²) in [5.74, 6) is 0. The molecule has 0 spiro atoms. The molecule has 11 aromatic rings. The molecule has 330 valence electrons. The fraction of sp³-hybridized carbons (Fsp3) is 0.238. The minimum atomic E-state index is -0.200. The minimum Gasteiger partial charge on any atom is -0.456 e. The highest BCUT2D eigenvalue weighted by Crippen LogP contribution is 2.58. The van der Waals surface area contributed by atoms with Crippen molar-refractivity contribution in [3.05, 3.63) is 161 Å². The quantitative estimate of drug-likeness (QED) is 0.154. The van der Waals surface area contributed by atoms with E-state index in [1.807, 2.05) is 0 Å². The lowest BCUT2D eigenvalue weighted by atomic mass is 9.44. The molecule has 0 atom stereocenters. The molecule has 5 heterocycles. The highest BCUT2D eigenvalue weighted by atomic mass is 16.3. The average molecular weight is 881 g/mol. The summed E-state index contributed by atoms with van der Waals surface area (Å²) in [7, 11) is 0. The van der Waals surface area contributed by atoms with Crippen molar-refractivity contribution in [1.29, 1.82) is 0 Å². The van der Waals surface area contributed by atoms with Crippen LogP contribution in [0.15, 0.2) is 142 Å². The van der Waals surface area contributed by atoms with Crippen molar-refractivity contribution in [2.24, 2.45) is 0 Å². The van der Waals surface area contributed by atoms with Gasteiger partial charge in [0.1, 0.15) is 22.3 Å². The third kappa shape index (κ3) is 4.77. The summed E-state index contributed by atoms with van der Waals surface area (Å²) in [5.41, 5.74) is 24.9. The Hall–Kier alpha value is -6.98. The molecule has 8 aromatic carbocycles. The number of rotatable bonds is 1. The van der Waals surface area contributed by atoms with Crippen LogP contribution in [0.1, 0.15) is 103 Å². The van der Waals surface area contributed by atoms with Gasteiger partial charge in [-0.15, -0.1) is 0 Å². The van der Waals surface area contributed by atoms with Crippen molar-refractivity contribution >= 4 is 94.8 Å². The van der Waals surface area contributed by atoms with Crippen LogP contribution in [-0.4, -0.2) is 11.4 Å². The topological polar surface area (TPSA) is 34.5 Å². The third-order valence-corrected chi connectivity index (χ3v) is 17.4. The zero-order chi connectivity index (χ0) is 46.1. The number of benzene rings is 8. The van der Waals surface area contributed by atoms with E-state index in [-0.39, 0.29) is 28.5 Å². The third-order valence-electron chi connectivity index (χ3n) is 17.4. The van der Waals surface area contributed by atoms with Crippen molar-refractivity contribution < 1.29 is 8.83 Å². The van der Waals surface area contributed by atoms with Gasteiger partial charge < -0.3 is 18.2 Å². The summed E-state index contributed by atoms with van der Waals surface area (Å²) in [6, 6.07) is 51.1. The lowest BCUT2D eigenvalue weighted by Gasteiger charge is -2.42. The Labute approximate surface area is 397 Å². The van der Waals surface area contributed by atoms with E-state index in [4.69, 9.17) is 8.83 Å². The fourth-order valence-corrected chi connectivity index (χ4v) is 13.6. The minimum absolute atomic E-state index is 0.0177. The van der Waals surface area contributed by atoms with Crippen LogP contribution >= 0.6 is 0 Å². The molecule has 2 aliphatic carbocycles. The van der Waals surface area contributed by atoms with E-state index in [2.05, 4.69) is 205 Å². The zero-order valence-electron chi connectivity index (χ0n) is 40.4. The van der Waals surface area contributed by atoms with Crippen molar-refractivity contribution in [2.45, 2.75) is 96.8 Å². The Morgan fingerprint density at radius 3 is 1.91 bits per heavy atom. The molecule has 0 amide bonds. The van der Waals surface area contributed by atoms with Crippen LogP contribution in [0.5, 0.6) is 0 Å². The van der Waals surface area contributed by atoms with Gasteiger partial charge in [0.25, 0.3) is 0 Å². The lowest BCUT2D eigenvalue weighted by Crippen LogP contribution is -2.60. The highest BCUT2D eigenvalue weighted by molar-refractivity contribution is 6.94. The largest absolute Gasteiger partial charge is 0.456 e. The normalized spacial score (nSPS) is 17.1. The Morgan fingerprint density at radius 1 is 0.500 bits per heavy atom. The number of aromatic nitrogens is 1. The van der Waals surface area contributed by atoms with Crippen LogP contribution in [0.4, 0.5) is 11.4 Å². The second kappa shape index (κ2) is 12.4. The fourth-order valence-electron chi connectivity index (χ4n) is 13.6. The summed E-state index contributed by atoms with van der Waals surface area (Å²) in [6.45, 7) is 21.5. The molecule has 0 saturated carbocycles. The summed E-state index contributed by atoms with van der Waals surface area (Å²) in [4.78, 5) is 2.69. The molecule has 0 N–H and O–H groups in total. The molecule has 0 unspecified atom stereocenters. The molecule has 4 nitrogen and oxygen atoms in total. The van der Waals surface area contributed by atoms with E-state index in [0.29, 0.717) is 0 Å². The molecule has 15 rings (SSSR count). The first-order chi connectivity index (χ1) is 32.6. The number of para-hydroxylation sites is 2. The summed E-state index contributed by atoms with van der Waals surface area (Å²) < 4.78 is 16.0. The van der Waals surface area contributed by atoms with E-state index >= 15 is 0 Å². The van der Waals surface area contributed by atoms with Crippen LogP contribution in [0, 0.1) is 0 Å². The van der Waals surface area contributed by atoms with Gasteiger partial charge in [0.2, 0.25) is 0 Å². The van der Waals surface area contributed by atoms with Gasteiger partial charge in [-0.2, -0.15) is 0 Å². The van der Waals surface area contributed by atoms with Gasteiger partial charge in [-0.3, -0.25) is 0 Å². The number of anilines is 2. The van der Waals surface area contributed by atoms with E-state index < -0.39 is 0 Å². The monoisotopic (exact) mass is 880 g/mol. The maximum absolute atomic E-state index is 6.80. The molecule has 0 radical (unpaired) electrons. The number of nitrogens with zero attached hydrogens (tertiary/aromatic N) is 2. The van der Waals surface area contributed by atoms with Crippen molar-refractivity contribution in [3.63, 3.8) is 0 Å². The molecule has 2 aliphatic heterocycles. The standard InChI is InChI=1S/C63H53BN2O2/c1-60(2,3)34-18-20-35(21-19-34)66-50-32-45-40(41-29-46-47(31-44(41)63(45,8)9)62(6,7)27-26-61(46,4)5)28-42(50)37-22-23-39-56-49(24-25-54-57(56)38-15-11-13-17-53(38)67-54)65-51-30-43-36-14-10-12-16-52(36)68-55(43)33-48(51)64(66)58(37)59(39)65/h10-25,28-33H,26-27H2,1-9H3. The van der Waals surface area contributed by atoms with Crippen LogP contribution < -0.4 is 15.7 Å². The Bertz CT molecular complexity index is 4110. The summed E-state index contributed by atoms with van der Waals surface area (Å²) in [6.07, 6.45) is 2.39. The predicted octanol–water partition coefficient (Wildman–Crippen LogP) is 15.8. The van der Waals surface area contributed by atoms with Gasteiger partial charge in [-0.1, -0.05) is 129 Å². The molecule has 0 fully saturated rings. The zero-order valence-corrected chi connectivity index (χ0v) is 40.4. The average Bonchev–Trinajstić information content (AvgIpc) is 4.04. The van der Waals surface area contributed by atoms with Crippen molar-refractivity contribution in [3.8, 4) is 27.9 Å². The first-order valence-electron chi connectivity index (χ1n) is 24.7. The molecule has 4 aliphatic rings. The molecular formula is C63H53BN2O2. The molecule has 68 heavy (non-hydrogen) atoms. The molecular weight excluding hydrogens is 828 g/mol. The van der Waals surface area contributed by atoms with Gasteiger partial charge in [0.15, 0.2) is 0 Å². The summed E-state index contributed by atoms with van der Waals surface area (Å²) >= 11 is 0. The van der Waals surface area contributed by atoms with Crippen molar-refractivity contribution in [2.75, 3.05) is 4.81 Å². The summed E-state index contributed by atoms with van der Waals surface area (Å²) in [5, 5.41) is 7.07. The first-order valence-corrected chi connectivity index (χ1v) is 24.7. The number of hydrogen-bond acceptors (Lipinski definition) is 3. The highest BCUT2D eigenvalue weighted by Gasteiger charge is 2.48. The molecule has 0 bridgehead atoms. The number of fused-ring (bicyclic) bond motifs is 19. The smallest absolute Gasteiger partial charge is 0.333 e. The number of furan rings is 2. The Morgan fingerprint density at radius 2 is 1.16 bits per heavy atom. The first kappa shape index (κ1) is 39.1. The molecule has 3 aromatic heterocycles. The van der Waals surface area contributed by atoms with E-state index in [9.17, 15) is 0 Å². The maximum atomic E-state index is 6.80. The van der Waals surface area contributed by atoms with Gasteiger partial charge in [-0.05, 0) is 151 Å². The van der Waals surface area contributed by atoms with Crippen molar-refractivity contribution in [1.82, 2.24) is 4.57 Å². The Kier molecular flexibility index (Phi) is 7.11. The van der Waals surface area contributed by atoms with E-state index in [0.717, 1.165) is 38.5 Å². The van der Waals surface area contributed by atoms with Gasteiger partial charge >= 0.3 is 6.85 Å². The number of hydrogen-bond donors (Lipinski definition) is 0. The van der Waals surface area contributed by atoms with Crippen LogP contribution in [-0.2, 0) is 21.7 Å². The predicted molar refractivity (Wildman–Crippen MR) is 286 cm³/mol. The van der Waals surface area contributed by atoms with Gasteiger partial charge in [0.05, 0.1) is 11.0 Å². The van der Waals surface area contributed by atoms with E-state index in [1.54, 1.807) is 0 Å². The van der Waals surface area contributed by atoms with Crippen LogP contribution in [0.25, 0.3) is 93.6 Å². The van der Waals surface area contributed by atoms with Gasteiger partial charge in [-0.25, -0.2) is 0 Å². The van der Waals surface area contributed by atoms with Crippen LogP contribution in [0.3, 0.4) is 0 Å². The maximum Gasteiger partial charge on any atom is 0.333 e. The second-order valence-corrected chi connectivity index (χ2v) is 23.5. The Balaban J connectivity index is 1.10. The van der Waals surface area contributed by atoms with E-state index in [1.165, 1.54) is 118 Å². The van der Waals surface area contributed by atoms with Gasteiger partial charge in [0, 0.05) is 60.4 Å². The molecule has 0 saturated heterocycles. The second-order valence-electron chi connectivity index (χ2n) is 23.5. The molecule has 5 heteroatoms. The lowest BCUT2D eigenvalue weighted by molar-refractivity contribution is 0.331. The SMILES string of the molecule is CC(C)(C)c1ccc(N2B3c4cc5oc6ccccc6c5cc4-n4c5ccc6oc7ccccc7c6c5c5ccc(c3c54)-c3cc4c(cc32)C(C)(C)c2cc3c(cc2-4)C(C)(C)CCC3(C)C)cc1. The van der Waals surface area contributed by atoms with Crippen LogP contribution in [0.2, 0.25) is 0 Å².